The lowest BCUT2D eigenvalue weighted by atomic mass is 10.1. The fourth-order valence-corrected chi connectivity index (χ4v) is 2.63. The molecule has 3 aromatic rings. The number of halogens is 1. The largest absolute Gasteiger partial charge is 0.481 e. The van der Waals surface area contributed by atoms with Crippen molar-refractivity contribution in [2.24, 2.45) is 5.10 Å². The van der Waals surface area contributed by atoms with Crippen LogP contribution in [0.1, 0.15) is 12.5 Å². The fraction of sp³-hybridized carbons (Fsp3) is 0.0909. The third kappa shape index (κ3) is 5.19. The van der Waals surface area contributed by atoms with E-state index in [4.69, 9.17) is 16.3 Å². The van der Waals surface area contributed by atoms with Gasteiger partial charge in [0.1, 0.15) is 5.75 Å². The van der Waals surface area contributed by atoms with Gasteiger partial charge in [0.05, 0.1) is 6.21 Å². The number of amides is 1. The Labute approximate surface area is 163 Å². The van der Waals surface area contributed by atoms with Gasteiger partial charge >= 0.3 is 0 Å². The van der Waals surface area contributed by atoms with Crippen LogP contribution in [0, 0.1) is 0 Å². The normalized spacial score (nSPS) is 11.9. The van der Waals surface area contributed by atoms with Crippen LogP contribution in [-0.2, 0) is 4.79 Å². The van der Waals surface area contributed by atoms with Crippen LogP contribution in [0.2, 0.25) is 5.02 Å². The molecule has 0 aliphatic carbocycles. The van der Waals surface area contributed by atoms with Crippen LogP contribution in [0.15, 0.2) is 84.0 Å². The van der Waals surface area contributed by atoms with Gasteiger partial charge in [0.25, 0.3) is 5.91 Å². The van der Waals surface area contributed by atoms with Gasteiger partial charge in [-0.2, -0.15) is 5.10 Å². The van der Waals surface area contributed by atoms with E-state index in [0.29, 0.717) is 10.8 Å². The number of carbonyl (C=O) groups is 1. The van der Waals surface area contributed by atoms with Gasteiger partial charge in [0.2, 0.25) is 0 Å². The smallest absolute Gasteiger partial charge is 0.280 e. The quantitative estimate of drug-likeness (QED) is 0.488. The first-order valence-electron chi connectivity index (χ1n) is 8.53. The summed E-state index contributed by atoms with van der Waals surface area (Å²) >= 11 is 6.04. The van der Waals surface area contributed by atoms with Gasteiger partial charge in [-0.3, -0.25) is 4.79 Å². The van der Waals surface area contributed by atoms with Crippen LogP contribution in [0.3, 0.4) is 0 Å². The second kappa shape index (κ2) is 9.01. The highest BCUT2D eigenvalue weighted by Crippen LogP contribution is 2.22. The first-order valence-corrected chi connectivity index (χ1v) is 8.91. The van der Waals surface area contributed by atoms with Crippen molar-refractivity contribution in [2.75, 3.05) is 0 Å². The molecule has 4 nitrogen and oxygen atoms in total. The lowest BCUT2D eigenvalue weighted by molar-refractivity contribution is -0.127. The van der Waals surface area contributed by atoms with E-state index in [1.165, 1.54) is 6.21 Å². The van der Waals surface area contributed by atoms with Crippen LogP contribution in [0.5, 0.6) is 5.75 Å². The highest BCUT2D eigenvalue weighted by atomic mass is 35.5. The van der Waals surface area contributed by atoms with Gasteiger partial charge in [0.15, 0.2) is 6.10 Å². The van der Waals surface area contributed by atoms with Crippen molar-refractivity contribution in [1.29, 1.82) is 0 Å². The zero-order valence-corrected chi connectivity index (χ0v) is 15.6. The molecule has 1 N–H and O–H groups in total. The zero-order valence-electron chi connectivity index (χ0n) is 14.8. The summed E-state index contributed by atoms with van der Waals surface area (Å²) < 4.78 is 5.68. The molecule has 0 bridgehead atoms. The average Bonchev–Trinajstić information content (AvgIpc) is 2.70. The van der Waals surface area contributed by atoms with E-state index in [0.717, 1.165) is 16.7 Å². The second-order valence-corrected chi connectivity index (χ2v) is 6.31. The minimum absolute atomic E-state index is 0.342. The summed E-state index contributed by atoms with van der Waals surface area (Å²) in [6.45, 7) is 1.67. The average molecular weight is 379 g/mol. The molecule has 0 unspecified atom stereocenters. The molecule has 0 spiro atoms. The molecule has 0 aliphatic rings. The molecular formula is C22H19ClN2O2. The summed E-state index contributed by atoms with van der Waals surface area (Å²) in [6.07, 6.45) is 0.817. The summed E-state index contributed by atoms with van der Waals surface area (Å²) in [4.78, 5) is 12.1. The predicted molar refractivity (Wildman–Crippen MR) is 109 cm³/mol. The Bertz CT molecular complexity index is 925. The number of hydrogen-bond donors (Lipinski definition) is 1. The zero-order chi connectivity index (χ0) is 19.1. The number of hydrazone groups is 1. The molecule has 0 fully saturated rings. The van der Waals surface area contributed by atoms with E-state index in [1.54, 1.807) is 13.0 Å². The number of rotatable bonds is 6. The highest BCUT2D eigenvalue weighted by Gasteiger charge is 2.14. The number of benzene rings is 3. The molecule has 0 aliphatic heterocycles. The molecule has 0 saturated heterocycles. The van der Waals surface area contributed by atoms with E-state index in [-0.39, 0.29) is 5.91 Å². The molecule has 1 amide bonds. The van der Waals surface area contributed by atoms with Gasteiger partial charge in [-0.15, -0.1) is 0 Å². The van der Waals surface area contributed by atoms with Gasteiger partial charge in [-0.1, -0.05) is 72.3 Å². The summed E-state index contributed by atoms with van der Waals surface area (Å²) in [5.74, 6) is 0.276. The van der Waals surface area contributed by atoms with Crippen LogP contribution in [0.4, 0.5) is 0 Å². The number of carbonyl (C=O) groups excluding carboxylic acids is 1. The summed E-state index contributed by atoms with van der Waals surface area (Å²) in [6, 6.07) is 24.9. The molecule has 136 valence electrons. The Hall–Kier alpha value is -3.11. The van der Waals surface area contributed by atoms with Gasteiger partial charge in [-0.25, -0.2) is 5.43 Å². The Morgan fingerprint density at radius 3 is 2.30 bits per heavy atom. The SMILES string of the molecule is C[C@@H](Oc1ccc(-c2ccccc2)cc1)C(=O)N/N=C\c1ccccc1Cl. The summed E-state index contributed by atoms with van der Waals surface area (Å²) in [7, 11) is 0. The molecule has 5 heteroatoms. The van der Waals surface area contributed by atoms with Gasteiger partial charge < -0.3 is 4.74 Å². The van der Waals surface area contributed by atoms with Crippen LogP contribution >= 0.6 is 11.6 Å². The van der Waals surface area contributed by atoms with E-state index in [2.05, 4.69) is 10.5 Å². The Morgan fingerprint density at radius 2 is 1.59 bits per heavy atom. The molecule has 3 aromatic carbocycles. The topological polar surface area (TPSA) is 50.7 Å². The fourth-order valence-electron chi connectivity index (χ4n) is 2.45. The molecule has 0 aromatic heterocycles. The van der Waals surface area contributed by atoms with E-state index >= 15 is 0 Å². The molecule has 0 radical (unpaired) electrons. The second-order valence-electron chi connectivity index (χ2n) is 5.91. The van der Waals surface area contributed by atoms with Crippen molar-refractivity contribution < 1.29 is 9.53 Å². The first kappa shape index (κ1) is 18.7. The summed E-state index contributed by atoms with van der Waals surface area (Å²) in [5.41, 5.74) is 5.40. The van der Waals surface area contributed by atoms with Gasteiger partial charge in [-0.05, 0) is 36.2 Å². The third-order valence-electron chi connectivity index (χ3n) is 3.93. The standard InChI is InChI=1S/C22H19ClN2O2/c1-16(22(26)25-24-15-19-9-5-6-10-21(19)23)27-20-13-11-18(12-14-20)17-7-3-2-4-8-17/h2-16H,1H3,(H,25,26)/b24-15-/t16-/m1/s1. The van der Waals surface area contributed by atoms with Crippen LogP contribution in [0.25, 0.3) is 11.1 Å². The number of nitrogens with one attached hydrogen (secondary N) is 1. The molecular weight excluding hydrogens is 360 g/mol. The summed E-state index contributed by atoms with van der Waals surface area (Å²) in [5, 5.41) is 4.50. The number of nitrogens with zero attached hydrogens (tertiary/aromatic N) is 1. The minimum Gasteiger partial charge on any atom is -0.481 e. The maximum absolute atomic E-state index is 12.1. The van der Waals surface area contributed by atoms with Crippen LogP contribution < -0.4 is 10.2 Å². The first-order chi connectivity index (χ1) is 13.1. The van der Waals surface area contributed by atoms with E-state index in [1.807, 2.05) is 72.8 Å². The maximum Gasteiger partial charge on any atom is 0.280 e. The molecule has 27 heavy (non-hydrogen) atoms. The number of ether oxygens (including phenoxy) is 1. The minimum atomic E-state index is -0.684. The Morgan fingerprint density at radius 1 is 0.963 bits per heavy atom. The molecule has 0 heterocycles. The van der Waals surface area contributed by atoms with Crippen LogP contribution in [-0.4, -0.2) is 18.2 Å². The van der Waals surface area contributed by atoms with Crippen molar-refractivity contribution in [2.45, 2.75) is 13.0 Å². The van der Waals surface area contributed by atoms with Crippen molar-refractivity contribution >= 4 is 23.7 Å². The monoisotopic (exact) mass is 378 g/mol. The Balaban J connectivity index is 1.56. The van der Waals surface area contributed by atoms with Crippen molar-refractivity contribution in [3.05, 3.63) is 89.4 Å². The maximum atomic E-state index is 12.1. The third-order valence-corrected chi connectivity index (χ3v) is 4.27. The van der Waals surface area contributed by atoms with E-state index < -0.39 is 6.10 Å². The lowest BCUT2D eigenvalue weighted by Crippen LogP contribution is -2.33. The highest BCUT2D eigenvalue weighted by molar-refractivity contribution is 6.33. The van der Waals surface area contributed by atoms with Gasteiger partial charge in [0, 0.05) is 10.6 Å². The Kier molecular flexibility index (Phi) is 6.23. The molecule has 0 saturated carbocycles. The number of hydrogen-bond acceptors (Lipinski definition) is 3. The lowest BCUT2D eigenvalue weighted by Gasteiger charge is -2.13. The predicted octanol–water partition coefficient (Wildman–Crippen LogP) is 4.92. The van der Waals surface area contributed by atoms with Crippen molar-refractivity contribution in [3.63, 3.8) is 0 Å². The van der Waals surface area contributed by atoms with E-state index in [9.17, 15) is 4.79 Å². The molecule has 3 rings (SSSR count). The van der Waals surface area contributed by atoms with Crippen molar-refractivity contribution in [1.82, 2.24) is 5.43 Å². The molecule has 1 atom stereocenters. The van der Waals surface area contributed by atoms with Crippen molar-refractivity contribution in [3.8, 4) is 16.9 Å².